The molecule has 1 aromatic rings. The molecule has 1 aromatic carbocycles. The number of methoxy groups -OCH3 is 2. The molecule has 1 heterocycles. The number of fused-ring (bicyclic) bond motifs is 1. The second-order valence-electron chi connectivity index (χ2n) is 11.5. The smallest absolute Gasteiger partial charge is 0.428 e. The molecule has 0 aromatic heterocycles. The molecule has 0 fully saturated rings. The maximum atomic E-state index is 14.1. The van der Waals surface area contributed by atoms with Gasteiger partial charge >= 0.3 is 24.1 Å². The summed E-state index contributed by atoms with van der Waals surface area (Å²) in [6, 6.07) is 6.43. The summed E-state index contributed by atoms with van der Waals surface area (Å²) in [6.45, 7) is 12.7. The molecule has 3 amide bonds. The van der Waals surface area contributed by atoms with E-state index in [0.717, 1.165) is 14.2 Å². The van der Waals surface area contributed by atoms with E-state index >= 15 is 0 Å². The molecule has 3 N–H and O–H groups in total. The minimum Gasteiger partial charge on any atom is -0.468 e. The highest BCUT2D eigenvalue weighted by Crippen LogP contribution is 2.50. The van der Waals surface area contributed by atoms with Crippen LogP contribution in [0, 0.1) is 11.8 Å². The Morgan fingerprint density at radius 2 is 1.19 bits per heavy atom. The SMILES string of the molecule is COC(=O)C(/C(C)=N/NC(=O)OC(C)(C)C)C1(C(C(=O)OC)/C(C)=N/NC(=O)OC(C)(C)C)C(=O)Nc2ccccc21. The van der Waals surface area contributed by atoms with Gasteiger partial charge in [-0.2, -0.15) is 10.2 Å². The summed E-state index contributed by atoms with van der Waals surface area (Å²) in [7, 11) is 2.21. The van der Waals surface area contributed by atoms with Gasteiger partial charge in [0.25, 0.3) is 0 Å². The number of para-hydroxylation sites is 1. The lowest BCUT2D eigenvalue weighted by Gasteiger charge is -2.39. The molecule has 230 valence electrons. The number of nitrogens with zero attached hydrogens (tertiary/aromatic N) is 2. The summed E-state index contributed by atoms with van der Waals surface area (Å²) < 4.78 is 20.6. The van der Waals surface area contributed by atoms with Crippen LogP contribution in [0.4, 0.5) is 15.3 Å². The van der Waals surface area contributed by atoms with Crippen molar-refractivity contribution >= 4 is 47.1 Å². The van der Waals surface area contributed by atoms with Crippen molar-refractivity contribution in [2.45, 2.75) is 72.0 Å². The molecule has 14 heteroatoms. The van der Waals surface area contributed by atoms with E-state index in [9.17, 15) is 24.0 Å². The molecule has 2 unspecified atom stereocenters. The lowest BCUT2D eigenvalue weighted by Crippen LogP contribution is -2.58. The van der Waals surface area contributed by atoms with Gasteiger partial charge in [0.15, 0.2) is 0 Å². The molecule has 42 heavy (non-hydrogen) atoms. The van der Waals surface area contributed by atoms with Gasteiger partial charge in [-0.05, 0) is 67.0 Å². The van der Waals surface area contributed by atoms with Gasteiger partial charge in [-0.3, -0.25) is 14.4 Å². The highest BCUT2D eigenvalue weighted by molar-refractivity contribution is 6.21. The fourth-order valence-corrected chi connectivity index (χ4v) is 4.65. The zero-order valence-electron chi connectivity index (χ0n) is 25.5. The fourth-order valence-electron chi connectivity index (χ4n) is 4.65. The topological polar surface area (TPSA) is 183 Å². The number of benzene rings is 1. The van der Waals surface area contributed by atoms with Gasteiger partial charge in [-0.15, -0.1) is 0 Å². The summed E-state index contributed by atoms with van der Waals surface area (Å²) in [4.78, 5) is 65.8. The molecule has 2 atom stereocenters. The van der Waals surface area contributed by atoms with Crippen LogP contribution in [0.15, 0.2) is 34.5 Å². The molecular weight excluding hydrogens is 550 g/mol. The van der Waals surface area contributed by atoms with Crippen LogP contribution < -0.4 is 16.2 Å². The first-order valence-corrected chi connectivity index (χ1v) is 13.0. The average Bonchev–Trinajstić information content (AvgIpc) is 3.16. The Balaban J connectivity index is 2.82. The third-order valence-electron chi connectivity index (χ3n) is 6.06. The Hall–Kier alpha value is -4.49. The van der Waals surface area contributed by atoms with Crippen molar-refractivity contribution in [3.8, 4) is 0 Å². The number of amides is 3. The minimum atomic E-state index is -2.09. The molecule has 0 bridgehead atoms. The number of rotatable bonds is 8. The second-order valence-corrected chi connectivity index (χ2v) is 11.5. The first kappa shape index (κ1) is 33.7. The van der Waals surface area contributed by atoms with Crippen molar-refractivity contribution in [1.29, 1.82) is 0 Å². The first-order valence-electron chi connectivity index (χ1n) is 13.0. The van der Waals surface area contributed by atoms with Gasteiger partial charge in [-0.25, -0.2) is 20.4 Å². The van der Waals surface area contributed by atoms with Gasteiger partial charge in [0.2, 0.25) is 5.91 Å². The number of esters is 2. The van der Waals surface area contributed by atoms with Crippen molar-refractivity contribution in [2.24, 2.45) is 22.0 Å². The monoisotopic (exact) mass is 589 g/mol. The number of carbonyl (C=O) groups excluding carboxylic acids is 5. The normalized spacial score (nSPS) is 18.6. The number of nitrogens with one attached hydrogen (secondary N) is 3. The van der Waals surface area contributed by atoms with E-state index in [0.29, 0.717) is 5.69 Å². The number of hydrogen-bond acceptors (Lipinski definition) is 11. The van der Waals surface area contributed by atoms with Crippen LogP contribution in [0.5, 0.6) is 0 Å². The Morgan fingerprint density at radius 1 is 0.786 bits per heavy atom. The highest BCUT2D eigenvalue weighted by Gasteiger charge is 2.64. The van der Waals surface area contributed by atoms with Crippen LogP contribution in [-0.4, -0.2) is 66.9 Å². The van der Waals surface area contributed by atoms with Crippen molar-refractivity contribution in [1.82, 2.24) is 10.9 Å². The van der Waals surface area contributed by atoms with Crippen LogP contribution in [0.25, 0.3) is 0 Å². The molecular formula is C28H39N5O9. The molecule has 14 nitrogen and oxygen atoms in total. The van der Waals surface area contributed by atoms with Crippen LogP contribution in [-0.2, 0) is 38.7 Å². The first-order chi connectivity index (χ1) is 19.4. The average molecular weight is 590 g/mol. The standard InChI is InChI=1S/C28H39N5O9/c1-15(30-32-24(37)41-26(3,4)5)19(21(34)39-9)28(17-13-11-12-14-18(17)29-23(28)36)20(22(35)40-10)16(2)31-33-25(38)42-27(6,7)8/h11-14,19-20H,1-10H3,(H,29,36)(H,32,37)(H,33,38)/b30-15+,31-16+. The van der Waals surface area contributed by atoms with Crippen molar-refractivity contribution in [3.63, 3.8) is 0 Å². The number of anilines is 1. The van der Waals surface area contributed by atoms with Crippen molar-refractivity contribution in [2.75, 3.05) is 19.5 Å². The van der Waals surface area contributed by atoms with E-state index in [1.165, 1.54) is 13.8 Å². The lowest BCUT2D eigenvalue weighted by molar-refractivity contribution is -0.153. The number of ether oxygens (including phenoxy) is 4. The van der Waals surface area contributed by atoms with E-state index < -0.39 is 58.5 Å². The van der Waals surface area contributed by atoms with Gasteiger partial charge in [0.05, 0.1) is 25.6 Å². The molecule has 1 aliphatic heterocycles. The molecule has 0 saturated carbocycles. The zero-order valence-corrected chi connectivity index (χ0v) is 25.5. The number of hydrogen-bond donors (Lipinski definition) is 3. The van der Waals surface area contributed by atoms with Gasteiger partial charge in [-0.1, -0.05) is 18.2 Å². The van der Waals surface area contributed by atoms with Crippen LogP contribution in [0.3, 0.4) is 0 Å². The van der Waals surface area contributed by atoms with Gasteiger partial charge in [0.1, 0.15) is 28.5 Å². The summed E-state index contributed by atoms with van der Waals surface area (Å²) in [5.41, 5.74) is 1.01. The molecule has 2 rings (SSSR count). The number of hydrazone groups is 2. The van der Waals surface area contributed by atoms with E-state index in [-0.39, 0.29) is 17.0 Å². The third-order valence-corrected chi connectivity index (χ3v) is 6.06. The Morgan fingerprint density at radius 3 is 1.57 bits per heavy atom. The van der Waals surface area contributed by atoms with Crippen molar-refractivity contribution in [3.05, 3.63) is 29.8 Å². The summed E-state index contributed by atoms with van der Waals surface area (Å²) in [6.07, 6.45) is -1.83. The maximum absolute atomic E-state index is 14.1. The fraction of sp³-hybridized carbons (Fsp3) is 0.536. The predicted octanol–water partition coefficient (Wildman–Crippen LogP) is 3.26. The van der Waals surface area contributed by atoms with E-state index in [4.69, 9.17) is 18.9 Å². The Kier molecular flexibility index (Phi) is 10.4. The van der Waals surface area contributed by atoms with Crippen LogP contribution in [0.2, 0.25) is 0 Å². The number of carbonyl (C=O) groups is 5. The molecule has 0 aliphatic carbocycles. The van der Waals surface area contributed by atoms with Crippen LogP contribution >= 0.6 is 0 Å². The molecule has 0 radical (unpaired) electrons. The minimum absolute atomic E-state index is 0.0960. The van der Waals surface area contributed by atoms with Crippen LogP contribution in [0.1, 0.15) is 61.0 Å². The lowest BCUT2D eigenvalue weighted by atomic mass is 9.60. The highest BCUT2D eigenvalue weighted by atomic mass is 16.6. The van der Waals surface area contributed by atoms with Crippen molar-refractivity contribution < 1.29 is 42.9 Å². The second kappa shape index (κ2) is 13.0. The maximum Gasteiger partial charge on any atom is 0.428 e. The quantitative estimate of drug-likeness (QED) is 0.177. The Labute approximate surface area is 244 Å². The summed E-state index contributed by atoms with van der Waals surface area (Å²) >= 11 is 0. The zero-order chi connectivity index (χ0) is 32.0. The van der Waals surface area contributed by atoms with Gasteiger partial charge < -0.3 is 24.3 Å². The molecule has 0 spiro atoms. The Bertz CT molecular complexity index is 1230. The largest absolute Gasteiger partial charge is 0.468 e. The molecule has 0 saturated heterocycles. The summed E-state index contributed by atoms with van der Waals surface area (Å²) in [5.74, 6) is -5.87. The molecule has 1 aliphatic rings. The predicted molar refractivity (Wildman–Crippen MR) is 153 cm³/mol. The van der Waals surface area contributed by atoms with Gasteiger partial charge in [0, 0.05) is 5.69 Å². The summed E-state index contributed by atoms with van der Waals surface area (Å²) in [5, 5.41) is 10.8. The van der Waals surface area contributed by atoms with E-state index in [1.54, 1.807) is 65.8 Å². The van der Waals surface area contributed by atoms with E-state index in [2.05, 4.69) is 26.4 Å². The van der Waals surface area contributed by atoms with E-state index in [1.807, 2.05) is 0 Å². The third kappa shape index (κ3) is 7.62.